The first-order valence-corrected chi connectivity index (χ1v) is 10.2. The number of rotatable bonds is 6. The Balaban J connectivity index is 1.33. The lowest BCUT2D eigenvalue weighted by atomic mass is 9.87. The number of carbonyl (C=O) groups excluding carboxylic acids is 1. The molecule has 1 atom stereocenters. The Bertz CT molecular complexity index is 988. The number of ketones is 1. The highest BCUT2D eigenvalue weighted by molar-refractivity contribution is 5.80. The molecule has 2 aromatic rings. The summed E-state index contributed by atoms with van der Waals surface area (Å²) in [7, 11) is 3.70. The Morgan fingerprint density at radius 3 is 2.77 bits per heavy atom. The van der Waals surface area contributed by atoms with Crippen LogP contribution in [0.1, 0.15) is 35.6 Å². The molecule has 0 aliphatic carbocycles. The van der Waals surface area contributed by atoms with Crippen molar-refractivity contribution in [2.45, 2.75) is 31.7 Å². The molecule has 30 heavy (non-hydrogen) atoms. The summed E-state index contributed by atoms with van der Waals surface area (Å²) in [5.41, 5.74) is 3.29. The van der Waals surface area contributed by atoms with Gasteiger partial charge in [-0.15, -0.1) is 0 Å². The minimum Gasteiger partial charge on any atom is -0.492 e. The Morgan fingerprint density at radius 1 is 1.10 bits per heavy atom. The van der Waals surface area contributed by atoms with Gasteiger partial charge in [0.05, 0.1) is 7.11 Å². The summed E-state index contributed by atoms with van der Waals surface area (Å²) in [5.74, 6) is 3.79. The van der Waals surface area contributed by atoms with Gasteiger partial charge in [0.15, 0.2) is 23.0 Å². The lowest BCUT2D eigenvalue weighted by Gasteiger charge is -2.35. The van der Waals surface area contributed by atoms with E-state index in [1.165, 1.54) is 5.56 Å². The summed E-state index contributed by atoms with van der Waals surface area (Å²) in [4.78, 5) is 15.2. The molecule has 0 unspecified atom stereocenters. The van der Waals surface area contributed by atoms with Crippen molar-refractivity contribution in [2.75, 3.05) is 34.3 Å². The van der Waals surface area contributed by atoms with E-state index in [0.29, 0.717) is 30.8 Å². The van der Waals surface area contributed by atoms with Gasteiger partial charge in [0, 0.05) is 31.0 Å². The fourth-order valence-electron chi connectivity index (χ4n) is 4.48. The number of carbonyl (C=O) groups is 1. The average molecular weight is 411 g/mol. The van der Waals surface area contributed by atoms with Crippen molar-refractivity contribution in [2.24, 2.45) is 0 Å². The number of nitrogens with zero attached hydrogens (tertiary/aromatic N) is 1. The number of hydrogen-bond donors (Lipinski definition) is 0. The number of ether oxygens (including phenoxy) is 5. The summed E-state index contributed by atoms with van der Waals surface area (Å²) < 4.78 is 27.7. The Morgan fingerprint density at radius 2 is 1.90 bits per heavy atom. The van der Waals surface area contributed by atoms with E-state index >= 15 is 0 Å². The van der Waals surface area contributed by atoms with Crippen LogP contribution in [0.5, 0.6) is 28.7 Å². The van der Waals surface area contributed by atoms with Crippen LogP contribution >= 0.6 is 0 Å². The predicted molar refractivity (Wildman–Crippen MR) is 109 cm³/mol. The van der Waals surface area contributed by atoms with Gasteiger partial charge in [0.2, 0.25) is 19.3 Å². The van der Waals surface area contributed by atoms with Gasteiger partial charge in [0.1, 0.15) is 5.78 Å². The first-order valence-electron chi connectivity index (χ1n) is 10.2. The lowest BCUT2D eigenvalue weighted by Crippen LogP contribution is -2.34. The van der Waals surface area contributed by atoms with Crippen LogP contribution < -0.4 is 23.7 Å². The molecule has 7 nitrogen and oxygen atoms in total. The van der Waals surface area contributed by atoms with Crippen molar-refractivity contribution in [3.8, 4) is 28.7 Å². The summed E-state index contributed by atoms with van der Waals surface area (Å²) in [6, 6.07) is 7.86. The van der Waals surface area contributed by atoms with Crippen molar-refractivity contribution in [3.05, 3.63) is 41.0 Å². The molecule has 0 N–H and O–H groups in total. The number of methoxy groups -OCH3 is 1. The van der Waals surface area contributed by atoms with E-state index in [-0.39, 0.29) is 25.4 Å². The summed E-state index contributed by atoms with van der Waals surface area (Å²) in [6.45, 7) is 1.34. The highest BCUT2D eigenvalue weighted by Gasteiger charge is 2.34. The molecule has 158 valence electrons. The van der Waals surface area contributed by atoms with Crippen LogP contribution in [0.15, 0.2) is 24.3 Å². The number of benzene rings is 2. The first-order chi connectivity index (χ1) is 14.6. The van der Waals surface area contributed by atoms with Crippen LogP contribution in [0.25, 0.3) is 0 Å². The fraction of sp³-hybridized carbons (Fsp3) is 0.435. The molecule has 5 rings (SSSR count). The average Bonchev–Trinajstić information content (AvgIpc) is 3.41. The topological polar surface area (TPSA) is 66.5 Å². The molecule has 3 heterocycles. The highest BCUT2D eigenvalue weighted by Crippen LogP contribution is 2.50. The zero-order chi connectivity index (χ0) is 20.7. The van der Waals surface area contributed by atoms with E-state index in [0.717, 1.165) is 41.3 Å². The Kier molecular flexibility index (Phi) is 4.90. The van der Waals surface area contributed by atoms with E-state index in [9.17, 15) is 4.79 Å². The van der Waals surface area contributed by atoms with Crippen molar-refractivity contribution in [1.29, 1.82) is 0 Å². The van der Waals surface area contributed by atoms with E-state index in [1.807, 2.05) is 24.3 Å². The number of aryl methyl sites for hydroxylation is 1. The third-order valence-electron chi connectivity index (χ3n) is 6.10. The zero-order valence-electron chi connectivity index (χ0n) is 17.2. The van der Waals surface area contributed by atoms with Crippen LogP contribution in [0.4, 0.5) is 0 Å². The van der Waals surface area contributed by atoms with Gasteiger partial charge >= 0.3 is 0 Å². The minimum absolute atomic E-state index is 0.0394. The summed E-state index contributed by atoms with van der Waals surface area (Å²) >= 11 is 0. The third kappa shape index (κ3) is 3.33. The number of hydrogen-bond acceptors (Lipinski definition) is 7. The van der Waals surface area contributed by atoms with Crippen LogP contribution in [0.3, 0.4) is 0 Å². The number of fused-ring (bicyclic) bond motifs is 3. The summed E-state index contributed by atoms with van der Waals surface area (Å²) in [6.07, 6.45) is 2.48. The Hall–Kier alpha value is -2.93. The predicted octanol–water partition coefficient (Wildman–Crippen LogP) is 3.27. The molecule has 0 bridgehead atoms. The van der Waals surface area contributed by atoms with Gasteiger partial charge in [-0.2, -0.15) is 0 Å². The minimum atomic E-state index is -0.0394. The quantitative estimate of drug-likeness (QED) is 0.723. The molecule has 0 amide bonds. The second-order valence-electron chi connectivity index (χ2n) is 7.89. The van der Waals surface area contributed by atoms with Gasteiger partial charge in [-0.05, 0) is 49.2 Å². The van der Waals surface area contributed by atoms with Gasteiger partial charge in [-0.25, -0.2) is 0 Å². The smallest absolute Gasteiger partial charge is 0.231 e. The first kappa shape index (κ1) is 19.1. The Labute approximate surface area is 175 Å². The van der Waals surface area contributed by atoms with E-state index < -0.39 is 0 Å². The maximum atomic E-state index is 12.9. The lowest BCUT2D eigenvalue weighted by molar-refractivity contribution is -0.120. The molecule has 0 saturated heterocycles. The highest BCUT2D eigenvalue weighted by atomic mass is 16.7. The van der Waals surface area contributed by atoms with E-state index in [1.54, 1.807) is 7.11 Å². The molecule has 0 aromatic heterocycles. The largest absolute Gasteiger partial charge is 0.492 e. The maximum absolute atomic E-state index is 12.9. The van der Waals surface area contributed by atoms with Crippen LogP contribution in [0.2, 0.25) is 0 Å². The molecule has 0 spiro atoms. The van der Waals surface area contributed by atoms with E-state index in [2.05, 4.69) is 11.9 Å². The second kappa shape index (κ2) is 7.72. The van der Waals surface area contributed by atoms with Crippen molar-refractivity contribution >= 4 is 5.78 Å². The van der Waals surface area contributed by atoms with Crippen molar-refractivity contribution in [1.82, 2.24) is 4.90 Å². The molecular weight excluding hydrogens is 386 g/mol. The molecule has 3 aliphatic heterocycles. The van der Waals surface area contributed by atoms with Crippen LogP contribution in [-0.2, 0) is 17.6 Å². The van der Waals surface area contributed by atoms with Crippen LogP contribution in [-0.4, -0.2) is 45.0 Å². The van der Waals surface area contributed by atoms with Gasteiger partial charge < -0.3 is 23.7 Å². The number of Topliss-reactive ketones (excluding diaryl/α,β-unsaturated/α-hetero) is 1. The van der Waals surface area contributed by atoms with Crippen LogP contribution in [0, 0.1) is 0 Å². The summed E-state index contributed by atoms with van der Waals surface area (Å²) in [5, 5.41) is 0. The molecule has 0 fully saturated rings. The van der Waals surface area contributed by atoms with Gasteiger partial charge in [-0.3, -0.25) is 9.69 Å². The molecular formula is C23H25NO6. The second-order valence-corrected chi connectivity index (χ2v) is 7.89. The fourth-order valence-corrected chi connectivity index (χ4v) is 4.48. The molecule has 0 saturated carbocycles. The van der Waals surface area contributed by atoms with Crippen molar-refractivity contribution in [3.63, 3.8) is 0 Å². The SMILES string of the molecule is COc1c2c(cc3c1[C@H](CC(=O)CCc1ccc4c(c1)OCO4)N(C)CC3)OCO2. The number of likely N-dealkylation sites (N-methyl/N-ethyl adjacent to an activating group) is 1. The van der Waals surface area contributed by atoms with Crippen molar-refractivity contribution < 1.29 is 28.5 Å². The molecule has 0 radical (unpaired) electrons. The zero-order valence-corrected chi connectivity index (χ0v) is 17.2. The maximum Gasteiger partial charge on any atom is 0.231 e. The van der Waals surface area contributed by atoms with E-state index in [4.69, 9.17) is 23.7 Å². The third-order valence-corrected chi connectivity index (χ3v) is 6.10. The molecule has 7 heteroatoms. The molecule has 3 aliphatic rings. The monoisotopic (exact) mass is 411 g/mol. The van der Waals surface area contributed by atoms with Gasteiger partial charge in [0.25, 0.3) is 0 Å². The standard InChI is InChI=1S/C23H25NO6/c1-24-8-7-15-10-20-22(30-13-29-20)23(26-2)21(15)17(24)11-16(25)5-3-14-4-6-18-19(9-14)28-12-27-18/h4,6,9-10,17H,3,5,7-8,11-13H2,1-2H3/t17-/m0/s1. The normalized spacial score (nSPS) is 18.9. The molecule has 2 aromatic carbocycles. The van der Waals surface area contributed by atoms with Gasteiger partial charge in [-0.1, -0.05) is 6.07 Å².